The van der Waals surface area contributed by atoms with E-state index >= 15 is 0 Å². The first-order valence-electron chi connectivity index (χ1n) is 16.1. The van der Waals surface area contributed by atoms with Gasteiger partial charge in [-0.2, -0.15) is 13.2 Å². The van der Waals surface area contributed by atoms with E-state index in [-0.39, 0.29) is 66.2 Å². The maximum Gasteiger partial charge on any atom is 0.422 e. The first kappa shape index (κ1) is 37.6. The van der Waals surface area contributed by atoms with Gasteiger partial charge < -0.3 is 23.9 Å². The number of fused-ring (bicyclic) bond motifs is 1. The van der Waals surface area contributed by atoms with Gasteiger partial charge in [0.2, 0.25) is 5.60 Å². The molecule has 0 saturated carbocycles. The number of rotatable bonds is 13. The van der Waals surface area contributed by atoms with E-state index in [4.69, 9.17) is 14.2 Å². The summed E-state index contributed by atoms with van der Waals surface area (Å²) in [7, 11) is -2.03. The number of likely N-dealkylation sites (tertiary alicyclic amines) is 1. The van der Waals surface area contributed by atoms with E-state index in [1.165, 1.54) is 46.9 Å². The second-order valence-corrected chi connectivity index (χ2v) is 14.5. The minimum Gasteiger partial charge on any atom is -0.493 e. The number of halogens is 3. The van der Waals surface area contributed by atoms with Crippen molar-refractivity contribution in [3.8, 4) is 11.5 Å². The van der Waals surface area contributed by atoms with E-state index in [0.29, 0.717) is 35.5 Å². The van der Waals surface area contributed by atoms with Crippen LogP contribution in [0.2, 0.25) is 0 Å². The monoisotopic (exact) mass is 733 g/mol. The fraction of sp³-hybridized carbons (Fsp3) is 0.400. The second-order valence-electron chi connectivity index (χ2n) is 12.5. The van der Waals surface area contributed by atoms with Gasteiger partial charge in [-0.05, 0) is 61.2 Å². The summed E-state index contributed by atoms with van der Waals surface area (Å²) < 4.78 is 86.6. The molecule has 2 heterocycles. The number of carbonyl (C=O) groups excluding carboxylic acids is 1. The first-order valence-corrected chi connectivity index (χ1v) is 18.0. The van der Waals surface area contributed by atoms with E-state index in [0.717, 1.165) is 24.6 Å². The summed E-state index contributed by atoms with van der Waals surface area (Å²) in [5, 5.41) is 23.2. The lowest BCUT2D eigenvalue weighted by Crippen LogP contribution is -2.53. The molecule has 0 aliphatic carbocycles. The molecule has 1 aliphatic rings. The molecule has 0 radical (unpaired) electrons. The quantitative estimate of drug-likeness (QED) is 0.107. The zero-order chi connectivity index (χ0) is 37.1. The van der Waals surface area contributed by atoms with Crippen LogP contribution in [-0.2, 0) is 37.9 Å². The largest absolute Gasteiger partial charge is 0.493 e. The van der Waals surface area contributed by atoms with Crippen molar-refractivity contribution in [3.05, 3.63) is 93.7 Å². The fourth-order valence-electron chi connectivity index (χ4n) is 6.21. The van der Waals surface area contributed by atoms with Crippen LogP contribution in [0.3, 0.4) is 0 Å². The molecule has 0 bridgehead atoms. The first-order chi connectivity index (χ1) is 24.0. The molecule has 1 unspecified atom stereocenters. The Balaban J connectivity index is 1.37. The molecule has 3 aromatic carbocycles. The van der Waals surface area contributed by atoms with Gasteiger partial charge in [-0.15, -0.1) is 0 Å². The molecular formula is C35H38F3N3O9S. The molecule has 0 spiro atoms. The number of alkyl halides is 3. The number of β-amino-alcohol motifs (C(OH)–C–C–N with tert-alkyl or cyclic N) is 1. The van der Waals surface area contributed by atoms with Gasteiger partial charge in [0.15, 0.2) is 21.3 Å². The Morgan fingerprint density at radius 2 is 1.69 bits per heavy atom. The minimum absolute atomic E-state index is 0.00935. The van der Waals surface area contributed by atoms with Gasteiger partial charge >= 0.3 is 12.1 Å². The van der Waals surface area contributed by atoms with Crippen molar-refractivity contribution >= 4 is 32.4 Å². The summed E-state index contributed by atoms with van der Waals surface area (Å²) in [5.74, 6) is 0.434. The molecule has 0 amide bonds. The third kappa shape index (κ3) is 8.45. The summed E-state index contributed by atoms with van der Waals surface area (Å²) in [4.78, 5) is 24.4. The molecule has 12 nitrogen and oxygen atoms in total. The van der Waals surface area contributed by atoms with Crippen molar-refractivity contribution in [2.45, 2.75) is 55.5 Å². The maximum atomic E-state index is 15.0. The highest BCUT2D eigenvalue weighted by atomic mass is 32.2. The van der Waals surface area contributed by atoms with Gasteiger partial charge in [-0.1, -0.05) is 18.2 Å². The van der Waals surface area contributed by atoms with Crippen LogP contribution in [-0.4, -0.2) is 85.8 Å². The molecule has 1 aliphatic heterocycles. The number of non-ortho nitro benzene ring substituents is 1. The Labute approximate surface area is 292 Å². The van der Waals surface area contributed by atoms with Crippen LogP contribution < -0.4 is 9.47 Å². The minimum atomic E-state index is -5.13. The molecule has 1 fully saturated rings. The highest BCUT2D eigenvalue weighted by molar-refractivity contribution is 7.90. The van der Waals surface area contributed by atoms with Crippen LogP contribution in [0, 0.1) is 10.1 Å². The highest BCUT2D eigenvalue weighted by Gasteiger charge is 2.57. The van der Waals surface area contributed by atoms with Crippen LogP contribution in [0.1, 0.15) is 36.5 Å². The average Bonchev–Trinajstić information content (AvgIpc) is 3.43. The molecule has 4 aromatic rings. The fourth-order valence-corrected chi connectivity index (χ4v) is 6.84. The summed E-state index contributed by atoms with van der Waals surface area (Å²) in [6.07, 6.45) is -2.54. The van der Waals surface area contributed by atoms with Crippen LogP contribution in [0.5, 0.6) is 11.5 Å². The maximum absolute atomic E-state index is 15.0. The number of piperidine rings is 1. The molecule has 1 aromatic heterocycles. The van der Waals surface area contributed by atoms with Crippen LogP contribution in [0.25, 0.3) is 10.9 Å². The number of ether oxygens (including phenoxy) is 3. The standard InChI is InChI=1S/C35H38F3N3O9S/c1-4-49-33(42)18-24-7-12-31(32(17-24)48-2)50-26-13-15-39(16-14-26)22-34(43,35(36,37)38)29-21-40(30-19-25(41(44)45)8-11-28(29)30)20-23-5-9-27(10-6-23)51(3,46)47/h5-12,17,19,21,26,43H,4,13-16,18,20,22H2,1-3H3. The molecular weight excluding hydrogens is 695 g/mol. The lowest BCUT2D eigenvalue weighted by molar-refractivity contribution is -0.384. The number of nitrogens with zero attached hydrogens (tertiary/aromatic N) is 3. The summed E-state index contributed by atoms with van der Waals surface area (Å²) >= 11 is 0. The van der Waals surface area contributed by atoms with Gasteiger partial charge in [0.25, 0.3) is 5.69 Å². The summed E-state index contributed by atoms with van der Waals surface area (Å²) in [6.45, 7) is 1.47. The second kappa shape index (κ2) is 14.9. The number of sulfone groups is 1. The molecule has 16 heteroatoms. The van der Waals surface area contributed by atoms with Gasteiger partial charge in [0.05, 0.1) is 35.5 Å². The molecule has 5 rings (SSSR count). The predicted octanol–water partition coefficient (Wildman–Crippen LogP) is 5.41. The smallest absolute Gasteiger partial charge is 0.422 e. The topological polar surface area (TPSA) is 150 Å². The van der Waals surface area contributed by atoms with E-state index < -0.39 is 38.6 Å². The third-order valence-corrected chi connectivity index (χ3v) is 9.99. The zero-order valence-electron chi connectivity index (χ0n) is 28.2. The lowest BCUT2D eigenvalue weighted by Gasteiger charge is -2.39. The Kier molecular flexibility index (Phi) is 11.0. The Morgan fingerprint density at radius 3 is 2.27 bits per heavy atom. The van der Waals surface area contributed by atoms with E-state index in [2.05, 4.69) is 0 Å². The molecule has 1 atom stereocenters. The van der Waals surface area contributed by atoms with E-state index in [1.807, 2.05) is 0 Å². The Bertz CT molecular complexity index is 2010. The van der Waals surface area contributed by atoms with Crippen molar-refractivity contribution < 1.29 is 50.6 Å². The van der Waals surface area contributed by atoms with E-state index in [9.17, 15) is 41.6 Å². The number of esters is 1. The van der Waals surface area contributed by atoms with Gasteiger partial charge in [0.1, 0.15) is 6.10 Å². The van der Waals surface area contributed by atoms with E-state index in [1.54, 1.807) is 25.1 Å². The lowest BCUT2D eigenvalue weighted by atomic mass is 9.91. The van der Waals surface area contributed by atoms with Gasteiger partial charge in [-0.3, -0.25) is 19.8 Å². The number of nitro groups is 1. The normalized spacial score (nSPS) is 15.7. The van der Waals surface area contributed by atoms with Crippen molar-refractivity contribution in [3.63, 3.8) is 0 Å². The van der Waals surface area contributed by atoms with Crippen LogP contribution in [0.15, 0.2) is 71.8 Å². The number of aliphatic hydroxyl groups is 1. The van der Waals surface area contributed by atoms with Gasteiger partial charge in [-0.25, -0.2) is 8.42 Å². The molecule has 1 saturated heterocycles. The van der Waals surface area contributed by atoms with Crippen molar-refractivity contribution in [2.24, 2.45) is 0 Å². The zero-order valence-corrected chi connectivity index (χ0v) is 29.0. The number of nitro benzene ring substituents is 1. The number of benzene rings is 3. The molecule has 51 heavy (non-hydrogen) atoms. The molecule has 274 valence electrons. The van der Waals surface area contributed by atoms with Crippen LogP contribution in [0.4, 0.5) is 18.9 Å². The summed E-state index contributed by atoms with van der Waals surface area (Å²) in [5.41, 5.74) is -2.86. The Hall–Kier alpha value is -4.67. The van der Waals surface area contributed by atoms with Gasteiger partial charge in [0, 0.05) is 61.7 Å². The number of carbonyl (C=O) groups is 1. The number of methoxy groups -OCH3 is 1. The van der Waals surface area contributed by atoms with Crippen LogP contribution >= 0.6 is 0 Å². The predicted molar refractivity (Wildman–Crippen MR) is 181 cm³/mol. The van der Waals surface area contributed by atoms with Crippen molar-refractivity contribution in [1.82, 2.24) is 9.47 Å². The van der Waals surface area contributed by atoms with Crippen molar-refractivity contribution in [2.75, 3.05) is 39.6 Å². The SMILES string of the molecule is CCOC(=O)Cc1ccc(OC2CCN(CC(O)(c3cn(Cc4ccc(S(C)(=O)=O)cc4)c4cc([N+](=O)[O-])ccc34)C(F)(F)F)CC2)c(OC)c1. The third-order valence-electron chi connectivity index (χ3n) is 8.86. The average molecular weight is 734 g/mol. The Morgan fingerprint density at radius 1 is 1.02 bits per heavy atom. The highest BCUT2D eigenvalue weighted by Crippen LogP contribution is 2.44. The van der Waals surface area contributed by atoms with Crippen molar-refractivity contribution in [1.29, 1.82) is 0 Å². The number of hydrogen-bond acceptors (Lipinski definition) is 10. The summed E-state index contributed by atoms with van der Waals surface area (Å²) in [6, 6.07) is 14.3. The molecule has 1 N–H and O–H groups in total. The number of aromatic nitrogens is 1. The number of hydrogen-bond donors (Lipinski definition) is 1.